The minimum Gasteiger partial charge on any atom is -0.466 e. The van der Waals surface area contributed by atoms with E-state index in [-0.39, 0.29) is 11.8 Å². The molecule has 0 aliphatic heterocycles. The second-order valence-corrected chi connectivity index (χ2v) is 5.11. The van der Waals surface area contributed by atoms with Crippen molar-refractivity contribution in [1.29, 1.82) is 0 Å². The van der Waals surface area contributed by atoms with E-state index in [1.165, 1.54) is 0 Å². The van der Waals surface area contributed by atoms with Crippen LogP contribution in [0.25, 0.3) is 0 Å². The first kappa shape index (κ1) is 15.9. The van der Waals surface area contributed by atoms with Gasteiger partial charge in [-0.2, -0.15) is 0 Å². The average molecular weight is 301 g/mol. The fourth-order valence-corrected chi connectivity index (χ4v) is 2.29. The molecule has 0 aliphatic rings. The van der Waals surface area contributed by atoms with Crippen molar-refractivity contribution in [1.82, 2.24) is 4.98 Å². The number of aromatic amines is 1. The Labute approximate surface area is 129 Å². The number of ether oxygens (including phenoxy) is 1. The molecule has 5 nitrogen and oxygen atoms in total. The number of aromatic nitrogens is 2. The van der Waals surface area contributed by atoms with Gasteiger partial charge in [0.1, 0.15) is 18.9 Å². The number of carbonyl (C=O) groups excluding carboxylic acids is 2. The zero-order valence-electron chi connectivity index (χ0n) is 13.0. The van der Waals surface area contributed by atoms with Gasteiger partial charge in [0.05, 0.1) is 6.61 Å². The first-order valence-electron chi connectivity index (χ1n) is 7.41. The summed E-state index contributed by atoms with van der Waals surface area (Å²) in [5.41, 5.74) is 2.20. The number of carbonyl (C=O) groups is 2. The maximum Gasteiger partial charge on any atom is 0.323 e. The Kier molecular flexibility index (Phi) is 5.47. The molecule has 0 atom stereocenters. The fourth-order valence-electron chi connectivity index (χ4n) is 2.29. The third-order valence-corrected chi connectivity index (χ3v) is 3.39. The van der Waals surface area contributed by atoms with Crippen molar-refractivity contribution in [3.05, 3.63) is 53.6 Å². The van der Waals surface area contributed by atoms with Gasteiger partial charge in [-0.3, -0.25) is 9.59 Å². The minimum atomic E-state index is -0.166. The number of aryl methyl sites for hydroxylation is 1. The molecule has 0 fully saturated rings. The standard InChI is InChI=1S/C17H20N2O3/c1-3-22-16(21)9-8-14-4-6-15(7-5-14)12-19-11-10-18-17(19)13(2)20/h4-7,10-11H,3,8-9,12H2,1-2H3/p+1. The molecule has 0 saturated heterocycles. The monoisotopic (exact) mass is 301 g/mol. The van der Waals surface area contributed by atoms with Crippen LogP contribution in [0.1, 0.15) is 42.0 Å². The summed E-state index contributed by atoms with van der Waals surface area (Å²) in [5, 5.41) is 0. The lowest BCUT2D eigenvalue weighted by atomic mass is 10.1. The highest BCUT2D eigenvalue weighted by molar-refractivity contribution is 5.88. The molecule has 1 aromatic carbocycles. The highest BCUT2D eigenvalue weighted by Crippen LogP contribution is 2.08. The van der Waals surface area contributed by atoms with Gasteiger partial charge in [-0.1, -0.05) is 24.3 Å². The molecule has 0 radical (unpaired) electrons. The number of nitrogens with one attached hydrogen (secondary N) is 1. The van der Waals surface area contributed by atoms with Crippen LogP contribution in [-0.2, 0) is 22.5 Å². The summed E-state index contributed by atoms with van der Waals surface area (Å²) in [4.78, 5) is 25.8. The van der Waals surface area contributed by atoms with Crippen LogP contribution in [0.4, 0.5) is 0 Å². The van der Waals surface area contributed by atoms with Crippen molar-refractivity contribution in [3.63, 3.8) is 0 Å². The maximum atomic E-state index is 11.5. The van der Waals surface area contributed by atoms with Gasteiger partial charge in [0.2, 0.25) is 5.78 Å². The van der Waals surface area contributed by atoms with Crippen molar-refractivity contribution < 1.29 is 18.9 Å². The van der Waals surface area contributed by atoms with E-state index in [9.17, 15) is 9.59 Å². The van der Waals surface area contributed by atoms with Crippen molar-refractivity contribution >= 4 is 11.8 Å². The van der Waals surface area contributed by atoms with Crippen LogP contribution in [0, 0.1) is 0 Å². The lowest BCUT2D eigenvalue weighted by molar-refractivity contribution is -0.688. The summed E-state index contributed by atoms with van der Waals surface area (Å²) in [6.07, 6.45) is 4.68. The Morgan fingerprint density at radius 1 is 1.18 bits per heavy atom. The third kappa shape index (κ3) is 4.28. The zero-order chi connectivity index (χ0) is 15.9. The van der Waals surface area contributed by atoms with Crippen molar-refractivity contribution in [2.75, 3.05) is 6.61 Å². The number of ketones is 1. The molecule has 1 heterocycles. The topological polar surface area (TPSA) is 63.0 Å². The van der Waals surface area contributed by atoms with Gasteiger partial charge in [-0.25, -0.2) is 9.55 Å². The van der Waals surface area contributed by atoms with E-state index in [0.717, 1.165) is 11.1 Å². The van der Waals surface area contributed by atoms with Crippen LogP contribution < -0.4 is 4.57 Å². The predicted octanol–water partition coefficient (Wildman–Crippen LogP) is 2.05. The summed E-state index contributed by atoms with van der Waals surface area (Å²) in [6, 6.07) is 8.05. The summed E-state index contributed by atoms with van der Waals surface area (Å²) in [6.45, 7) is 4.40. The number of nitrogens with zero attached hydrogens (tertiary/aromatic N) is 1. The molecule has 0 amide bonds. The van der Waals surface area contributed by atoms with Gasteiger partial charge in [0.15, 0.2) is 0 Å². The molecule has 0 spiro atoms. The zero-order valence-corrected chi connectivity index (χ0v) is 13.0. The van der Waals surface area contributed by atoms with E-state index in [2.05, 4.69) is 4.98 Å². The van der Waals surface area contributed by atoms with Gasteiger partial charge in [-0.15, -0.1) is 0 Å². The van der Waals surface area contributed by atoms with Crippen LogP contribution in [0.15, 0.2) is 36.7 Å². The normalized spacial score (nSPS) is 10.5. The molecule has 1 N–H and O–H groups in total. The van der Waals surface area contributed by atoms with Gasteiger partial charge < -0.3 is 4.74 Å². The third-order valence-electron chi connectivity index (χ3n) is 3.39. The molecular formula is C17H21N2O3+. The molecule has 2 aromatic rings. The number of Topliss-reactive ketones (excluding diaryl/α,β-unsaturated/α-hetero) is 1. The van der Waals surface area contributed by atoms with Crippen LogP contribution in [-0.4, -0.2) is 23.3 Å². The quantitative estimate of drug-likeness (QED) is 0.483. The van der Waals surface area contributed by atoms with Crippen LogP contribution in [0.3, 0.4) is 0 Å². The number of esters is 1. The highest BCUT2D eigenvalue weighted by atomic mass is 16.5. The Hall–Kier alpha value is -2.43. The molecule has 2 rings (SSSR count). The summed E-state index contributed by atoms with van der Waals surface area (Å²) >= 11 is 0. The number of rotatable bonds is 7. The average Bonchev–Trinajstić information content (AvgIpc) is 2.95. The molecule has 116 valence electrons. The Morgan fingerprint density at radius 3 is 2.50 bits per heavy atom. The number of imidazole rings is 1. The lowest BCUT2D eigenvalue weighted by Gasteiger charge is -2.04. The maximum absolute atomic E-state index is 11.5. The van der Waals surface area contributed by atoms with Crippen molar-refractivity contribution in [2.45, 2.75) is 33.2 Å². The number of hydrogen-bond acceptors (Lipinski definition) is 3. The fraction of sp³-hybridized carbons (Fsp3) is 0.353. The number of benzene rings is 1. The van der Waals surface area contributed by atoms with Gasteiger partial charge in [0, 0.05) is 13.3 Å². The predicted molar refractivity (Wildman–Crippen MR) is 81.5 cm³/mol. The molecule has 1 aromatic heterocycles. The molecule has 5 heteroatoms. The van der Waals surface area contributed by atoms with Crippen molar-refractivity contribution in [3.8, 4) is 0 Å². The van der Waals surface area contributed by atoms with Crippen molar-refractivity contribution in [2.24, 2.45) is 0 Å². The number of H-pyrrole nitrogens is 1. The van der Waals surface area contributed by atoms with Crippen LogP contribution in [0.5, 0.6) is 0 Å². The first-order chi connectivity index (χ1) is 10.6. The summed E-state index contributed by atoms with van der Waals surface area (Å²) in [5.74, 6) is 0.433. The minimum absolute atomic E-state index is 0.0102. The molecule has 22 heavy (non-hydrogen) atoms. The summed E-state index contributed by atoms with van der Waals surface area (Å²) < 4.78 is 6.80. The molecule has 0 unspecified atom stereocenters. The Bertz CT molecular complexity index is 644. The Morgan fingerprint density at radius 2 is 1.86 bits per heavy atom. The first-order valence-corrected chi connectivity index (χ1v) is 7.41. The van der Waals surface area contributed by atoms with E-state index in [0.29, 0.717) is 31.8 Å². The van der Waals surface area contributed by atoms with E-state index < -0.39 is 0 Å². The van der Waals surface area contributed by atoms with Crippen LogP contribution in [0.2, 0.25) is 0 Å². The Balaban J connectivity index is 1.96. The van der Waals surface area contributed by atoms with Gasteiger partial charge >= 0.3 is 11.8 Å². The highest BCUT2D eigenvalue weighted by Gasteiger charge is 2.15. The summed E-state index contributed by atoms with van der Waals surface area (Å²) in [7, 11) is 0. The largest absolute Gasteiger partial charge is 0.466 e. The van der Waals surface area contributed by atoms with E-state index in [1.807, 2.05) is 35.0 Å². The van der Waals surface area contributed by atoms with E-state index in [1.54, 1.807) is 20.0 Å². The molecule has 0 saturated carbocycles. The second kappa shape index (κ2) is 7.54. The van der Waals surface area contributed by atoms with Crippen LogP contribution >= 0.6 is 0 Å². The van der Waals surface area contributed by atoms with Gasteiger partial charge in [0.25, 0.3) is 0 Å². The number of hydrogen-bond donors (Lipinski definition) is 1. The van der Waals surface area contributed by atoms with E-state index in [4.69, 9.17) is 4.74 Å². The van der Waals surface area contributed by atoms with Gasteiger partial charge in [-0.05, 0) is 24.5 Å². The molecule has 0 aliphatic carbocycles. The SMILES string of the molecule is CCOC(=O)CCc1ccc(C[n+]2cc[nH]c2C(C)=O)cc1. The second-order valence-electron chi connectivity index (χ2n) is 5.11. The molecule has 0 bridgehead atoms. The smallest absolute Gasteiger partial charge is 0.323 e. The van der Waals surface area contributed by atoms with E-state index >= 15 is 0 Å². The lowest BCUT2D eigenvalue weighted by Crippen LogP contribution is -2.38. The molecular weight excluding hydrogens is 280 g/mol.